The molecule has 0 saturated carbocycles. The van der Waals surface area contributed by atoms with Gasteiger partial charge in [-0.25, -0.2) is 4.98 Å². The molecule has 1 N–H and O–H groups in total. The maximum atomic E-state index is 12.2. The van der Waals surface area contributed by atoms with E-state index in [-0.39, 0.29) is 12.6 Å². The van der Waals surface area contributed by atoms with Crippen molar-refractivity contribution in [3.63, 3.8) is 0 Å². The minimum atomic E-state index is -4.13. The van der Waals surface area contributed by atoms with Gasteiger partial charge in [0.25, 0.3) is 0 Å². The van der Waals surface area contributed by atoms with Crippen molar-refractivity contribution in [1.82, 2.24) is 10.3 Å². The van der Waals surface area contributed by atoms with Gasteiger partial charge in [-0.3, -0.25) is 0 Å². The molecule has 0 aliphatic rings. The highest BCUT2D eigenvalue weighted by molar-refractivity contribution is 7.15. The molecule has 0 aliphatic carbocycles. The summed E-state index contributed by atoms with van der Waals surface area (Å²) in [6.45, 7) is 6.90. The Kier molecular flexibility index (Phi) is 6.26. The van der Waals surface area contributed by atoms with Gasteiger partial charge in [-0.15, -0.1) is 11.3 Å². The van der Waals surface area contributed by atoms with E-state index in [1.807, 2.05) is 6.92 Å². The minimum Gasteiger partial charge on any atom is -0.351 e. The Hall–Kier alpha value is -0.820. The lowest BCUT2D eigenvalue weighted by Gasteiger charge is -2.16. The molecule has 7 heteroatoms. The summed E-state index contributed by atoms with van der Waals surface area (Å²) in [6.07, 6.45) is -3.90. The van der Waals surface area contributed by atoms with Gasteiger partial charge in [0.1, 0.15) is 0 Å². The van der Waals surface area contributed by atoms with Gasteiger partial charge in [0.2, 0.25) is 0 Å². The van der Waals surface area contributed by atoms with E-state index in [1.165, 1.54) is 11.3 Å². The highest BCUT2D eigenvalue weighted by atomic mass is 32.1. The van der Waals surface area contributed by atoms with Crippen molar-refractivity contribution in [3.05, 3.63) is 10.6 Å². The summed E-state index contributed by atoms with van der Waals surface area (Å²) in [5.41, 5.74) is 0.889. The lowest BCUT2D eigenvalue weighted by atomic mass is 10.2. The number of aryl methyl sites for hydroxylation is 1. The zero-order chi connectivity index (χ0) is 15.3. The third-order valence-electron chi connectivity index (χ3n) is 2.97. The van der Waals surface area contributed by atoms with Gasteiger partial charge >= 0.3 is 6.18 Å². The molecule has 0 amide bonds. The van der Waals surface area contributed by atoms with Crippen LogP contribution in [0.1, 0.15) is 43.3 Å². The number of aromatic nitrogens is 1. The standard InChI is InChI=1S/C13H22F3N3S/c1-5-7-17-9(2)11-10(3)18-12(20-11)19(4)8-6-13(14,15)16/h9,17H,5-8H2,1-4H3. The molecule has 1 aromatic heterocycles. The molecule has 0 fully saturated rings. The van der Waals surface area contributed by atoms with E-state index in [0.717, 1.165) is 23.5 Å². The second-order valence-corrected chi connectivity index (χ2v) is 5.92. The fourth-order valence-electron chi connectivity index (χ4n) is 1.80. The van der Waals surface area contributed by atoms with Crippen molar-refractivity contribution < 1.29 is 13.2 Å². The number of hydrogen-bond donors (Lipinski definition) is 1. The van der Waals surface area contributed by atoms with Crippen LogP contribution in [0.2, 0.25) is 0 Å². The Morgan fingerprint density at radius 3 is 2.60 bits per heavy atom. The molecular formula is C13H22F3N3S. The summed E-state index contributed by atoms with van der Waals surface area (Å²) < 4.78 is 36.7. The summed E-state index contributed by atoms with van der Waals surface area (Å²) in [6, 6.07) is 0.178. The van der Waals surface area contributed by atoms with Crippen LogP contribution in [0.5, 0.6) is 0 Å². The van der Waals surface area contributed by atoms with Crippen LogP contribution in [-0.4, -0.2) is 31.3 Å². The van der Waals surface area contributed by atoms with Crippen LogP contribution in [0.4, 0.5) is 18.3 Å². The number of nitrogens with zero attached hydrogens (tertiary/aromatic N) is 2. The fraction of sp³-hybridized carbons (Fsp3) is 0.769. The SMILES string of the molecule is CCCNC(C)c1sc(N(C)CCC(F)(F)F)nc1C. The number of hydrogen-bond acceptors (Lipinski definition) is 4. The molecule has 0 aromatic carbocycles. The molecule has 0 aliphatic heterocycles. The highest BCUT2D eigenvalue weighted by Crippen LogP contribution is 2.31. The van der Waals surface area contributed by atoms with Gasteiger partial charge in [-0.1, -0.05) is 6.92 Å². The van der Waals surface area contributed by atoms with Crippen LogP contribution >= 0.6 is 11.3 Å². The van der Waals surface area contributed by atoms with Crippen molar-refractivity contribution in [3.8, 4) is 0 Å². The molecule has 1 heterocycles. The Morgan fingerprint density at radius 2 is 2.05 bits per heavy atom. The largest absolute Gasteiger partial charge is 0.390 e. The van der Waals surface area contributed by atoms with Gasteiger partial charge in [-0.05, 0) is 26.8 Å². The molecule has 116 valence electrons. The van der Waals surface area contributed by atoms with Crippen LogP contribution < -0.4 is 10.2 Å². The second-order valence-electron chi connectivity index (χ2n) is 4.91. The second kappa shape index (κ2) is 7.26. The molecule has 0 spiro atoms. The lowest BCUT2D eigenvalue weighted by molar-refractivity contribution is -0.132. The summed E-state index contributed by atoms with van der Waals surface area (Å²) >= 11 is 1.46. The first-order valence-electron chi connectivity index (χ1n) is 6.73. The third-order valence-corrected chi connectivity index (χ3v) is 4.43. The Bertz CT molecular complexity index is 417. The van der Waals surface area contributed by atoms with Crippen molar-refractivity contribution in [2.45, 2.75) is 45.8 Å². The number of thiazole rings is 1. The van der Waals surface area contributed by atoms with E-state index in [0.29, 0.717) is 5.13 Å². The molecule has 1 atom stereocenters. The Labute approximate surface area is 122 Å². The third kappa shape index (κ3) is 5.28. The van der Waals surface area contributed by atoms with Gasteiger partial charge in [0.05, 0.1) is 12.1 Å². The van der Waals surface area contributed by atoms with Crippen LogP contribution in [0.15, 0.2) is 0 Å². The van der Waals surface area contributed by atoms with E-state index in [9.17, 15) is 13.2 Å². The van der Waals surface area contributed by atoms with Gasteiger partial charge in [-0.2, -0.15) is 13.2 Å². The van der Waals surface area contributed by atoms with Crippen molar-refractivity contribution >= 4 is 16.5 Å². The Balaban J connectivity index is 2.68. The van der Waals surface area contributed by atoms with Gasteiger partial charge < -0.3 is 10.2 Å². The molecule has 1 aromatic rings. The first kappa shape index (κ1) is 17.2. The predicted molar refractivity (Wildman–Crippen MR) is 77.5 cm³/mol. The van der Waals surface area contributed by atoms with Crippen LogP contribution in [0.25, 0.3) is 0 Å². The van der Waals surface area contributed by atoms with Crippen molar-refractivity contribution in [1.29, 1.82) is 0 Å². The topological polar surface area (TPSA) is 28.2 Å². The summed E-state index contributed by atoms with van der Waals surface area (Å²) in [5.74, 6) is 0. The molecule has 0 radical (unpaired) electrons. The number of rotatable bonds is 7. The summed E-state index contributed by atoms with van der Waals surface area (Å²) in [5, 5.41) is 4.02. The first-order valence-corrected chi connectivity index (χ1v) is 7.54. The smallest absolute Gasteiger partial charge is 0.351 e. The van der Waals surface area contributed by atoms with Crippen molar-refractivity contribution in [2.24, 2.45) is 0 Å². The zero-order valence-electron chi connectivity index (χ0n) is 12.3. The average molecular weight is 309 g/mol. The van der Waals surface area contributed by atoms with E-state index in [4.69, 9.17) is 0 Å². The summed E-state index contributed by atoms with van der Waals surface area (Å²) in [7, 11) is 1.65. The monoisotopic (exact) mass is 309 g/mol. The number of nitrogens with one attached hydrogen (secondary N) is 1. The van der Waals surface area contributed by atoms with E-state index < -0.39 is 12.6 Å². The van der Waals surface area contributed by atoms with Crippen LogP contribution in [0, 0.1) is 6.92 Å². The number of anilines is 1. The highest BCUT2D eigenvalue weighted by Gasteiger charge is 2.28. The van der Waals surface area contributed by atoms with Crippen LogP contribution in [-0.2, 0) is 0 Å². The maximum absolute atomic E-state index is 12.2. The van der Waals surface area contributed by atoms with Crippen LogP contribution in [0.3, 0.4) is 0 Å². The molecule has 20 heavy (non-hydrogen) atoms. The molecular weight excluding hydrogens is 287 g/mol. The van der Waals surface area contributed by atoms with E-state index in [1.54, 1.807) is 11.9 Å². The fourth-order valence-corrected chi connectivity index (χ4v) is 2.88. The van der Waals surface area contributed by atoms with Gasteiger partial charge in [0, 0.05) is 24.5 Å². The first-order chi connectivity index (χ1) is 9.24. The molecule has 1 unspecified atom stereocenters. The number of alkyl halides is 3. The maximum Gasteiger partial charge on any atom is 0.390 e. The zero-order valence-corrected chi connectivity index (χ0v) is 13.2. The Morgan fingerprint density at radius 1 is 1.40 bits per heavy atom. The normalized spacial score (nSPS) is 13.6. The summed E-state index contributed by atoms with van der Waals surface area (Å²) in [4.78, 5) is 7.04. The van der Waals surface area contributed by atoms with Crippen molar-refractivity contribution in [2.75, 3.05) is 25.0 Å². The molecule has 3 nitrogen and oxygen atoms in total. The number of halogens is 3. The minimum absolute atomic E-state index is 0.0628. The van der Waals surface area contributed by atoms with E-state index >= 15 is 0 Å². The lowest BCUT2D eigenvalue weighted by Crippen LogP contribution is -2.23. The van der Waals surface area contributed by atoms with E-state index in [2.05, 4.69) is 24.1 Å². The van der Waals surface area contributed by atoms with Gasteiger partial charge in [0.15, 0.2) is 5.13 Å². The molecule has 0 bridgehead atoms. The quantitative estimate of drug-likeness (QED) is 0.828. The predicted octanol–water partition coefficient (Wildman–Crippen LogP) is 3.90. The molecule has 1 rings (SSSR count). The molecule has 0 saturated heterocycles. The average Bonchev–Trinajstić information content (AvgIpc) is 2.74.